The molecule has 0 spiro atoms. The van der Waals surface area contributed by atoms with Gasteiger partial charge in [0.2, 0.25) is 0 Å². The molecule has 0 aliphatic rings. The lowest BCUT2D eigenvalue weighted by Gasteiger charge is -2.12. The highest BCUT2D eigenvalue weighted by molar-refractivity contribution is 6.31. The largest absolute Gasteiger partial charge is 0.357 e. The number of imidazole rings is 1. The number of aromatic nitrogens is 3. The molecule has 6 nitrogen and oxygen atoms in total. The first-order chi connectivity index (χ1) is 13.3. The molecule has 0 radical (unpaired) electrons. The van der Waals surface area contributed by atoms with Gasteiger partial charge in [-0.1, -0.05) is 29.8 Å². The fourth-order valence-electron chi connectivity index (χ4n) is 2.62. The van der Waals surface area contributed by atoms with E-state index in [2.05, 4.69) is 32.5 Å². The topological polar surface area (TPSA) is 67.1 Å². The molecule has 0 aliphatic heterocycles. The SMILES string of the molecule is CCNC(=NCc1ccnc(-n2ccnc2)c1)NCCc1ccccc1Cl. The second kappa shape index (κ2) is 9.73. The number of halogens is 1. The van der Waals surface area contributed by atoms with E-state index < -0.39 is 0 Å². The summed E-state index contributed by atoms with van der Waals surface area (Å²) in [5.41, 5.74) is 2.21. The summed E-state index contributed by atoms with van der Waals surface area (Å²) in [5, 5.41) is 7.43. The van der Waals surface area contributed by atoms with Crippen LogP contribution in [0.25, 0.3) is 5.82 Å². The van der Waals surface area contributed by atoms with Crippen LogP contribution in [0.15, 0.2) is 66.3 Å². The molecule has 3 aromatic rings. The molecule has 0 saturated heterocycles. The predicted octanol–water partition coefficient (Wildman–Crippen LogP) is 3.22. The number of rotatable bonds is 7. The molecule has 2 heterocycles. The fraction of sp³-hybridized carbons (Fsp3) is 0.250. The molecule has 0 unspecified atom stereocenters. The summed E-state index contributed by atoms with van der Waals surface area (Å²) in [6.45, 7) is 4.17. The highest BCUT2D eigenvalue weighted by Crippen LogP contribution is 2.14. The van der Waals surface area contributed by atoms with Gasteiger partial charge >= 0.3 is 0 Å². The molecule has 27 heavy (non-hydrogen) atoms. The summed E-state index contributed by atoms with van der Waals surface area (Å²) in [6.07, 6.45) is 7.96. The van der Waals surface area contributed by atoms with E-state index in [4.69, 9.17) is 11.6 Å². The maximum absolute atomic E-state index is 6.21. The summed E-state index contributed by atoms with van der Waals surface area (Å²) in [5.74, 6) is 1.61. The van der Waals surface area contributed by atoms with Gasteiger partial charge in [0, 0.05) is 36.7 Å². The standard InChI is InChI=1S/C20H23ClN6/c1-2-23-20(25-10-8-17-5-3-4-6-18(17)21)26-14-16-7-9-24-19(13-16)27-12-11-22-15-27/h3-7,9,11-13,15H,2,8,10,14H2,1H3,(H2,23,25,26). The summed E-state index contributed by atoms with van der Waals surface area (Å²) >= 11 is 6.21. The molecule has 0 aliphatic carbocycles. The Morgan fingerprint density at radius 2 is 2.07 bits per heavy atom. The second-order valence-electron chi connectivity index (χ2n) is 5.96. The van der Waals surface area contributed by atoms with Crippen molar-refractivity contribution >= 4 is 17.6 Å². The summed E-state index contributed by atoms with van der Waals surface area (Å²) in [7, 11) is 0. The van der Waals surface area contributed by atoms with Crippen LogP contribution in [0.4, 0.5) is 0 Å². The fourth-order valence-corrected chi connectivity index (χ4v) is 2.85. The van der Waals surface area contributed by atoms with E-state index in [1.165, 1.54) is 0 Å². The Labute approximate surface area is 164 Å². The molecule has 1 aromatic carbocycles. The van der Waals surface area contributed by atoms with Crippen molar-refractivity contribution in [2.45, 2.75) is 19.9 Å². The summed E-state index contributed by atoms with van der Waals surface area (Å²) in [6, 6.07) is 11.9. The Bertz CT molecular complexity index is 876. The lowest BCUT2D eigenvalue weighted by Crippen LogP contribution is -2.38. The summed E-state index contributed by atoms with van der Waals surface area (Å²) in [4.78, 5) is 13.1. The van der Waals surface area contributed by atoms with Crippen LogP contribution >= 0.6 is 11.6 Å². The van der Waals surface area contributed by atoms with E-state index >= 15 is 0 Å². The van der Waals surface area contributed by atoms with Crippen LogP contribution in [0.3, 0.4) is 0 Å². The highest BCUT2D eigenvalue weighted by atomic mass is 35.5. The number of nitrogens with zero attached hydrogens (tertiary/aromatic N) is 4. The van der Waals surface area contributed by atoms with Crippen molar-refractivity contribution in [2.24, 2.45) is 4.99 Å². The average Bonchev–Trinajstić information content (AvgIpc) is 3.23. The molecule has 0 bridgehead atoms. The highest BCUT2D eigenvalue weighted by Gasteiger charge is 2.02. The third kappa shape index (κ3) is 5.56. The van der Waals surface area contributed by atoms with Gasteiger partial charge in [-0.25, -0.2) is 15.0 Å². The predicted molar refractivity (Wildman–Crippen MR) is 109 cm³/mol. The monoisotopic (exact) mass is 382 g/mol. The minimum atomic E-state index is 0.561. The van der Waals surface area contributed by atoms with Gasteiger partial charge in [-0.2, -0.15) is 0 Å². The first-order valence-corrected chi connectivity index (χ1v) is 9.33. The second-order valence-corrected chi connectivity index (χ2v) is 6.36. The maximum Gasteiger partial charge on any atom is 0.191 e. The molecule has 0 saturated carbocycles. The number of pyridine rings is 1. The van der Waals surface area contributed by atoms with E-state index in [0.29, 0.717) is 6.54 Å². The normalized spacial score (nSPS) is 11.4. The van der Waals surface area contributed by atoms with Gasteiger partial charge in [-0.3, -0.25) is 4.57 Å². The van der Waals surface area contributed by atoms with Crippen LogP contribution in [-0.2, 0) is 13.0 Å². The number of aliphatic imine (C=N–C) groups is 1. The van der Waals surface area contributed by atoms with Crippen molar-refractivity contribution < 1.29 is 0 Å². The van der Waals surface area contributed by atoms with Crippen molar-refractivity contribution in [1.29, 1.82) is 0 Å². The van der Waals surface area contributed by atoms with Gasteiger partial charge in [-0.05, 0) is 42.7 Å². The lowest BCUT2D eigenvalue weighted by atomic mass is 10.1. The molecule has 7 heteroatoms. The van der Waals surface area contributed by atoms with Gasteiger partial charge in [0.15, 0.2) is 5.96 Å². The molecular formula is C20H23ClN6. The van der Waals surface area contributed by atoms with Crippen LogP contribution in [0.2, 0.25) is 5.02 Å². The smallest absolute Gasteiger partial charge is 0.191 e. The van der Waals surface area contributed by atoms with E-state index in [9.17, 15) is 0 Å². The number of hydrogen-bond donors (Lipinski definition) is 2. The summed E-state index contributed by atoms with van der Waals surface area (Å²) < 4.78 is 1.88. The Morgan fingerprint density at radius 1 is 1.19 bits per heavy atom. The maximum atomic E-state index is 6.21. The van der Waals surface area contributed by atoms with Crippen molar-refractivity contribution in [3.05, 3.63) is 77.5 Å². The first-order valence-electron chi connectivity index (χ1n) is 8.95. The molecule has 2 N–H and O–H groups in total. The molecule has 0 amide bonds. The van der Waals surface area contributed by atoms with Crippen molar-refractivity contribution in [3.63, 3.8) is 0 Å². The van der Waals surface area contributed by atoms with Crippen molar-refractivity contribution in [3.8, 4) is 5.82 Å². The van der Waals surface area contributed by atoms with Crippen LogP contribution in [0, 0.1) is 0 Å². The molecular weight excluding hydrogens is 360 g/mol. The Hall–Kier alpha value is -2.86. The zero-order chi connectivity index (χ0) is 18.9. The van der Waals surface area contributed by atoms with Gasteiger partial charge in [0.05, 0.1) is 6.54 Å². The first kappa shape index (κ1) is 18.9. The van der Waals surface area contributed by atoms with E-state index in [1.54, 1.807) is 18.7 Å². The Morgan fingerprint density at radius 3 is 2.85 bits per heavy atom. The zero-order valence-electron chi connectivity index (χ0n) is 15.3. The van der Waals surface area contributed by atoms with Crippen molar-refractivity contribution in [2.75, 3.05) is 13.1 Å². The third-order valence-electron chi connectivity index (χ3n) is 3.99. The van der Waals surface area contributed by atoms with Crippen LogP contribution in [0.1, 0.15) is 18.1 Å². The van der Waals surface area contributed by atoms with Gasteiger partial charge in [0.1, 0.15) is 12.1 Å². The number of guanidine groups is 1. The molecule has 2 aromatic heterocycles. The van der Waals surface area contributed by atoms with E-state index in [0.717, 1.165) is 47.4 Å². The lowest BCUT2D eigenvalue weighted by molar-refractivity contribution is 0.799. The van der Waals surface area contributed by atoms with Crippen molar-refractivity contribution in [1.82, 2.24) is 25.2 Å². The third-order valence-corrected chi connectivity index (χ3v) is 4.36. The van der Waals surface area contributed by atoms with E-state index in [1.807, 2.05) is 47.2 Å². The minimum Gasteiger partial charge on any atom is -0.357 e. The number of benzene rings is 1. The molecule has 3 rings (SSSR count). The zero-order valence-corrected chi connectivity index (χ0v) is 16.0. The van der Waals surface area contributed by atoms with Gasteiger partial charge in [0.25, 0.3) is 0 Å². The number of hydrogen-bond acceptors (Lipinski definition) is 3. The Kier molecular flexibility index (Phi) is 6.82. The van der Waals surface area contributed by atoms with Gasteiger partial charge < -0.3 is 10.6 Å². The van der Waals surface area contributed by atoms with Crippen LogP contribution < -0.4 is 10.6 Å². The Balaban J connectivity index is 1.60. The molecule has 0 atom stereocenters. The van der Waals surface area contributed by atoms with Crippen LogP contribution in [0.5, 0.6) is 0 Å². The van der Waals surface area contributed by atoms with E-state index in [-0.39, 0.29) is 0 Å². The quantitative estimate of drug-likeness (QED) is 0.486. The molecule has 0 fully saturated rings. The minimum absolute atomic E-state index is 0.561. The van der Waals surface area contributed by atoms with Crippen LogP contribution in [-0.4, -0.2) is 33.6 Å². The molecule has 140 valence electrons. The van der Waals surface area contributed by atoms with Gasteiger partial charge in [-0.15, -0.1) is 0 Å². The number of nitrogens with one attached hydrogen (secondary N) is 2. The average molecular weight is 383 g/mol.